The van der Waals surface area contributed by atoms with Crippen LogP contribution in [0.1, 0.15) is 20.3 Å². The van der Waals surface area contributed by atoms with Gasteiger partial charge >= 0.3 is 0 Å². The van der Waals surface area contributed by atoms with Gasteiger partial charge in [0.25, 0.3) is 0 Å². The molecule has 0 aromatic heterocycles. The Hall–Kier alpha value is -0.850. The number of nitrogens with zero attached hydrogens (tertiary/aromatic N) is 2. The van der Waals surface area contributed by atoms with Crippen molar-refractivity contribution in [2.24, 2.45) is 4.99 Å². The molecule has 0 aliphatic rings. The molecule has 0 fully saturated rings. The number of hydrogen-bond donors (Lipinski definition) is 2. The van der Waals surface area contributed by atoms with Gasteiger partial charge < -0.3 is 25.0 Å². The fourth-order valence-corrected chi connectivity index (χ4v) is 1.30. The van der Waals surface area contributed by atoms with Crippen LogP contribution in [0.3, 0.4) is 0 Å². The SMILES string of the molecule is CN=C(NCCCOCCOC)NCC(C)(C)N(C)C. The van der Waals surface area contributed by atoms with Crippen molar-refractivity contribution < 1.29 is 9.47 Å². The number of hydrogen-bond acceptors (Lipinski definition) is 4. The van der Waals surface area contributed by atoms with Crippen molar-refractivity contribution in [1.82, 2.24) is 15.5 Å². The maximum atomic E-state index is 5.40. The standard InChI is InChI=1S/C14H32N4O2/c1-14(2,18(4)5)12-17-13(15-3)16-8-7-9-20-11-10-19-6/h7-12H2,1-6H3,(H2,15,16,17). The number of ether oxygens (including phenoxy) is 2. The van der Waals surface area contributed by atoms with E-state index in [9.17, 15) is 0 Å². The van der Waals surface area contributed by atoms with Crippen LogP contribution in [-0.2, 0) is 9.47 Å². The lowest BCUT2D eigenvalue weighted by Gasteiger charge is -2.33. The number of methoxy groups -OCH3 is 1. The summed E-state index contributed by atoms with van der Waals surface area (Å²) in [6.07, 6.45) is 0.946. The summed E-state index contributed by atoms with van der Waals surface area (Å²) >= 11 is 0. The molecule has 2 N–H and O–H groups in total. The van der Waals surface area contributed by atoms with Crippen molar-refractivity contribution in [3.05, 3.63) is 0 Å². The highest BCUT2D eigenvalue weighted by Gasteiger charge is 2.20. The zero-order chi connectivity index (χ0) is 15.4. The van der Waals surface area contributed by atoms with E-state index in [0.29, 0.717) is 13.2 Å². The van der Waals surface area contributed by atoms with E-state index in [1.54, 1.807) is 14.2 Å². The molecule has 0 aliphatic heterocycles. The number of guanidine groups is 1. The normalized spacial score (nSPS) is 12.8. The fraction of sp³-hybridized carbons (Fsp3) is 0.929. The summed E-state index contributed by atoms with van der Waals surface area (Å²) in [4.78, 5) is 6.40. The van der Waals surface area contributed by atoms with Crippen molar-refractivity contribution in [3.63, 3.8) is 0 Å². The minimum atomic E-state index is 0.0842. The second-order valence-corrected chi connectivity index (χ2v) is 5.52. The van der Waals surface area contributed by atoms with E-state index in [2.05, 4.69) is 48.5 Å². The van der Waals surface area contributed by atoms with E-state index in [-0.39, 0.29) is 5.54 Å². The molecule has 6 heteroatoms. The largest absolute Gasteiger partial charge is 0.382 e. The molecule has 0 amide bonds. The molecule has 6 nitrogen and oxygen atoms in total. The minimum Gasteiger partial charge on any atom is -0.382 e. The van der Waals surface area contributed by atoms with Crippen LogP contribution >= 0.6 is 0 Å². The Labute approximate surface area is 123 Å². The first-order chi connectivity index (χ1) is 9.44. The zero-order valence-electron chi connectivity index (χ0n) is 14.0. The Bertz CT molecular complexity index is 268. The predicted octanol–water partition coefficient (Wildman–Crippen LogP) is 0.545. The van der Waals surface area contributed by atoms with Crippen LogP contribution in [0.2, 0.25) is 0 Å². The first-order valence-corrected chi connectivity index (χ1v) is 7.12. The van der Waals surface area contributed by atoms with E-state index in [1.165, 1.54) is 0 Å². The highest BCUT2D eigenvalue weighted by molar-refractivity contribution is 5.79. The summed E-state index contributed by atoms with van der Waals surface area (Å²) < 4.78 is 10.3. The third-order valence-corrected chi connectivity index (χ3v) is 3.31. The maximum Gasteiger partial charge on any atom is 0.191 e. The van der Waals surface area contributed by atoms with Crippen LogP contribution in [0, 0.1) is 0 Å². The molecule has 0 spiro atoms. The lowest BCUT2D eigenvalue weighted by atomic mass is 10.0. The summed E-state index contributed by atoms with van der Waals surface area (Å²) in [5, 5.41) is 6.62. The van der Waals surface area contributed by atoms with Gasteiger partial charge in [0.15, 0.2) is 5.96 Å². The molecule has 0 aliphatic carbocycles. The third-order valence-electron chi connectivity index (χ3n) is 3.31. The molecule has 120 valence electrons. The quantitative estimate of drug-likeness (QED) is 0.349. The third kappa shape index (κ3) is 9.12. The van der Waals surface area contributed by atoms with Crippen LogP contribution < -0.4 is 10.6 Å². The number of rotatable bonds is 10. The van der Waals surface area contributed by atoms with Gasteiger partial charge in [-0.15, -0.1) is 0 Å². The zero-order valence-corrected chi connectivity index (χ0v) is 14.0. The van der Waals surface area contributed by atoms with Gasteiger partial charge in [0.2, 0.25) is 0 Å². The van der Waals surface area contributed by atoms with E-state index >= 15 is 0 Å². The second-order valence-electron chi connectivity index (χ2n) is 5.52. The Kier molecular flexibility index (Phi) is 10.4. The summed E-state index contributed by atoms with van der Waals surface area (Å²) in [6.45, 7) is 8.10. The van der Waals surface area contributed by atoms with Crippen molar-refractivity contribution in [2.45, 2.75) is 25.8 Å². The van der Waals surface area contributed by atoms with Gasteiger partial charge in [0.1, 0.15) is 0 Å². The highest BCUT2D eigenvalue weighted by atomic mass is 16.5. The predicted molar refractivity (Wildman–Crippen MR) is 84.4 cm³/mol. The van der Waals surface area contributed by atoms with Gasteiger partial charge in [-0.2, -0.15) is 0 Å². The van der Waals surface area contributed by atoms with E-state index in [4.69, 9.17) is 9.47 Å². The molecule has 20 heavy (non-hydrogen) atoms. The molecule has 0 unspecified atom stereocenters. The summed E-state index contributed by atoms with van der Waals surface area (Å²) in [5.41, 5.74) is 0.0842. The first-order valence-electron chi connectivity index (χ1n) is 7.12. The van der Waals surface area contributed by atoms with Crippen molar-refractivity contribution in [2.75, 3.05) is 61.2 Å². The van der Waals surface area contributed by atoms with Crippen LogP contribution in [0.5, 0.6) is 0 Å². The monoisotopic (exact) mass is 288 g/mol. The van der Waals surface area contributed by atoms with Crippen LogP contribution in [0.4, 0.5) is 0 Å². The van der Waals surface area contributed by atoms with Gasteiger partial charge in [-0.25, -0.2) is 0 Å². The summed E-state index contributed by atoms with van der Waals surface area (Å²) in [7, 11) is 7.62. The van der Waals surface area contributed by atoms with E-state index in [0.717, 1.165) is 32.1 Å². The van der Waals surface area contributed by atoms with Crippen molar-refractivity contribution in [3.8, 4) is 0 Å². The lowest BCUT2D eigenvalue weighted by Crippen LogP contribution is -2.51. The molecule has 0 rings (SSSR count). The van der Waals surface area contributed by atoms with Crippen LogP contribution in [0.25, 0.3) is 0 Å². The fourth-order valence-electron chi connectivity index (χ4n) is 1.30. The minimum absolute atomic E-state index is 0.0842. The Morgan fingerprint density at radius 2 is 1.85 bits per heavy atom. The smallest absolute Gasteiger partial charge is 0.191 e. The van der Waals surface area contributed by atoms with E-state index < -0.39 is 0 Å². The summed E-state index contributed by atoms with van der Waals surface area (Å²) in [5.74, 6) is 0.830. The number of likely N-dealkylation sites (N-methyl/N-ethyl adjacent to an activating group) is 1. The van der Waals surface area contributed by atoms with Gasteiger partial charge in [0, 0.05) is 39.4 Å². The first kappa shape index (κ1) is 19.1. The maximum absolute atomic E-state index is 5.40. The molecule has 0 heterocycles. The van der Waals surface area contributed by atoms with E-state index in [1.807, 2.05) is 0 Å². The molecule has 0 radical (unpaired) electrons. The molecule has 0 atom stereocenters. The van der Waals surface area contributed by atoms with Gasteiger partial charge in [0.05, 0.1) is 13.2 Å². The topological polar surface area (TPSA) is 58.1 Å². The summed E-state index contributed by atoms with van der Waals surface area (Å²) in [6, 6.07) is 0. The van der Waals surface area contributed by atoms with Crippen molar-refractivity contribution in [1.29, 1.82) is 0 Å². The number of nitrogens with one attached hydrogen (secondary N) is 2. The lowest BCUT2D eigenvalue weighted by molar-refractivity contribution is 0.0698. The second kappa shape index (κ2) is 10.9. The number of aliphatic imine (C=N–C) groups is 1. The Morgan fingerprint density at radius 1 is 1.15 bits per heavy atom. The highest BCUT2D eigenvalue weighted by Crippen LogP contribution is 2.07. The average molecular weight is 288 g/mol. The Balaban J connectivity index is 3.73. The molecule has 0 aromatic carbocycles. The van der Waals surface area contributed by atoms with Gasteiger partial charge in [-0.1, -0.05) is 0 Å². The molecule has 0 bridgehead atoms. The molecule has 0 saturated carbocycles. The van der Waals surface area contributed by atoms with Crippen LogP contribution in [-0.4, -0.2) is 77.6 Å². The molecule has 0 aromatic rings. The molecular weight excluding hydrogens is 256 g/mol. The van der Waals surface area contributed by atoms with Crippen molar-refractivity contribution >= 4 is 5.96 Å². The van der Waals surface area contributed by atoms with Gasteiger partial charge in [-0.05, 0) is 34.4 Å². The Morgan fingerprint density at radius 3 is 2.40 bits per heavy atom. The average Bonchev–Trinajstić information content (AvgIpc) is 2.41. The molecular formula is C14H32N4O2. The van der Waals surface area contributed by atoms with Crippen LogP contribution in [0.15, 0.2) is 4.99 Å². The van der Waals surface area contributed by atoms with Gasteiger partial charge in [-0.3, -0.25) is 4.99 Å². The molecule has 0 saturated heterocycles.